The standard InChI is InChI=1S/C21H22BrF3N2O/c1-14-5-6-15(11-19(14)22)20(28)26-17-8-7-16(18(12-17)21(23,24)25)13-27-9-3-2-4-10-27/h5-8,11-12H,2-4,9-10,13H2,1H3,(H,26,28). The molecule has 28 heavy (non-hydrogen) atoms. The smallest absolute Gasteiger partial charge is 0.322 e. The van der Waals surface area contributed by atoms with Gasteiger partial charge in [-0.2, -0.15) is 13.2 Å². The lowest BCUT2D eigenvalue weighted by Gasteiger charge is -2.27. The lowest BCUT2D eigenvalue weighted by Crippen LogP contribution is -2.30. The first-order valence-electron chi connectivity index (χ1n) is 9.24. The van der Waals surface area contributed by atoms with Gasteiger partial charge in [0.25, 0.3) is 5.91 Å². The first-order chi connectivity index (χ1) is 13.2. The lowest BCUT2D eigenvalue weighted by atomic mass is 10.0. The zero-order chi connectivity index (χ0) is 20.3. The number of alkyl halides is 3. The second-order valence-electron chi connectivity index (χ2n) is 7.12. The van der Waals surface area contributed by atoms with Crippen molar-refractivity contribution in [1.82, 2.24) is 4.90 Å². The van der Waals surface area contributed by atoms with E-state index in [-0.39, 0.29) is 17.8 Å². The van der Waals surface area contributed by atoms with Crippen molar-refractivity contribution < 1.29 is 18.0 Å². The third kappa shape index (κ3) is 5.14. The van der Waals surface area contributed by atoms with Crippen molar-refractivity contribution in [2.45, 2.75) is 38.9 Å². The average Bonchev–Trinajstić information content (AvgIpc) is 2.65. The molecule has 1 saturated heterocycles. The fraction of sp³-hybridized carbons (Fsp3) is 0.381. The van der Waals surface area contributed by atoms with Crippen LogP contribution in [-0.4, -0.2) is 23.9 Å². The summed E-state index contributed by atoms with van der Waals surface area (Å²) in [5.41, 5.74) is 1.03. The predicted octanol–water partition coefficient (Wildman–Crippen LogP) is 6.01. The number of anilines is 1. The number of nitrogens with zero attached hydrogens (tertiary/aromatic N) is 1. The number of aryl methyl sites for hydroxylation is 1. The van der Waals surface area contributed by atoms with E-state index in [2.05, 4.69) is 26.1 Å². The van der Waals surface area contributed by atoms with Crippen LogP contribution in [0.1, 0.15) is 46.3 Å². The first-order valence-corrected chi connectivity index (χ1v) is 10.0. The van der Waals surface area contributed by atoms with Crippen molar-refractivity contribution in [1.29, 1.82) is 0 Å². The molecule has 0 bridgehead atoms. The summed E-state index contributed by atoms with van der Waals surface area (Å²) in [7, 11) is 0. The van der Waals surface area contributed by atoms with Crippen LogP contribution in [0.4, 0.5) is 18.9 Å². The summed E-state index contributed by atoms with van der Waals surface area (Å²) in [6, 6.07) is 9.11. The van der Waals surface area contributed by atoms with Gasteiger partial charge in [-0.1, -0.05) is 34.5 Å². The molecule has 0 radical (unpaired) electrons. The molecule has 1 aliphatic rings. The van der Waals surface area contributed by atoms with E-state index in [0.29, 0.717) is 5.56 Å². The Kier molecular flexibility index (Phi) is 6.45. The van der Waals surface area contributed by atoms with Crippen LogP contribution in [0.15, 0.2) is 40.9 Å². The van der Waals surface area contributed by atoms with E-state index in [9.17, 15) is 18.0 Å². The first kappa shape index (κ1) is 20.9. The van der Waals surface area contributed by atoms with Crippen LogP contribution in [0.3, 0.4) is 0 Å². The molecule has 2 aromatic carbocycles. The van der Waals surface area contributed by atoms with Crippen LogP contribution in [-0.2, 0) is 12.7 Å². The molecule has 0 unspecified atom stereocenters. The fourth-order valence-corrected chi connectivity index (χ4v) is 3.73. The molecule has 1 amide bonds. The minimum absolute atomic E-state index is 0.136. The highest BCUT2D eigenvalue weighted by molar-refractivity contribution is 9.10. The van der Waals surface area contributed by atoms with Gasteiger partial charge in [0.15, 0.2) is 0 Å². The number of likely N-dealkylation sites (tertiary alicyclic amines) is 1. The number of hydrogen-bond acceptors (Lipinski definition) is 2. The molecule has 1 heterocycles. The van der Waals surface area contributed by atoms with E-state index in [4.69, 9.17) is 0 Å². The monoisotopic (exact) mass is 454 g/mol. The van der Waals surface area contributed by atoms with Gasteiger partial charge in [0.1, 0.15) is 0 Å². The lowest BCUT2D eigenvalue weighted by molar-refractivity contribution is -0.138. The highest BCUT2D eigenvalue weighted by Gasteiger charge is 2.34. The molecular weight excluding hydrogens is 433 g/mol. The Morgan fingerprint density at radius 1 is 1.11 bits per heavy atom. The molecular formula is C21H22BrF3N2O. The second kappa shape index (κ2) is 8.66. The Balaban J connectivity index is 1.81. The summed E-state index contributed by atoms with van der Waals surface area (Å²) >= 11 is 3.36. The van der Waals surface area contributed by atoms with E-state index in [1.165, 1.54) is 12.1 Å². The zero-order valence-electron chi connectivity index (χ0n) is 15.6. The Hall–Kier alpha value is -1.86. The maximum atomic E-state index is 13.6. The summed E-state index contributed by atoms with van der Waals surface area (Å²) in [5, 5.41) is 2.57. The van der Waals surface area contributed by atoms with Crippen molar-refractivity contribution in [3.63, 3.8) is 0 Å². The van der Waals surface area contributed by atoms with Crippen LogP contribution < -0.4 is 5.32 Å². The Labute approximate surface area is 171 Å². The normalized spacial score (nSPS) is 15.5. The summed E-state index contributed by atoms with van der Waals surface area (Å²) in [5.74, 6) is -0.447. The van der Waals surface area contributed by atoms with E-state index < -0.39 is 17.6 Å². The molecule has 3 rings (SSSR count). The van der Waals surface area contributed by atoms with Crippen LogP contribution in [0.2, 0.25) is 0 Å². The van der Waals surface area contributed by atoms with Gasteiger partial charge in [0.2, 0.25) is 0 Å². The maximum Gasteiger partial charge on any atom is 0.416 e. The number of amides is 1. The highest BCUT2D eigenvalue weighted by Crippen LogP contribution is 2.35. The highest BCUT2D eigenvalue weighted by atomic mass is 79.9. The molecule has 1 fully saturated rings. The molecule has 0 aromatic heterocycles. The molecule has 2 aromatic rings. The number of rotatable bonds is 4. The zero-order valence-corrected chi connectivity index (χ0v) is 17.2. The minimum atomic E-state index is -4.47. The van der Waals surface area contributed by atoms with E-state index in [1.54, 1.807) is 18.2 Å². The van der Waals surface area contributed by atoms with Gasteiger partial charge in [-0.25, -0.2) is 0 Å². The molecule has 1 aliphatic heterocycles. The third-order valence-electron chi connectivity index (χ3n) is 4.95. The van der Waals surface area contributed by atoms with E-state index >= 15 is 0 Å². The third-order valence-corrected chi connectivity index (χ3v) is 5.80. The molecule has 7 heteroatoms. The van der Waals surface area contributed by atoms with Gasteiger partial charge >= 0.3 is 6.18 Å². The number of piperidine rings is 1. The number of nitrogens with one attached hydrogen (secondary N) is 1. The van der Waals surface area contributed by atoms with Gasteiger partial charge in [0, 0.05) is 22.3 Å². The summed E-state index contributed by atoms with van der Waals surface area (Å²) in [4.78, 5) is 14.5. The van der Waals surface area contributed by atoms with Gasteiger partial charge in [0.05, 0.1) is 5.56 Å². The van der Waals surface area contributed by atoms with Gasteiger partial charge < -0.3 is 5.32 Å². The van der Waals surface area contributed by atoms with Crippen molar-refractivity contribution in [3.05, 3.63) is 63.1 Å². The van der Waals surface area contributed by atoms with Crippen molar-refractivity contribution in [2.75, 3.05) is 18.4 Å². The minimum Gasteiger partial charge on any atom is -0.322 e. The number of carbonyl (C=O) groups is 1. The van der Waals surface area contributed by atoms with E-state index in [0.717, 1.165) is 48.5 Å². The molecule has 150 valence electrons. The summed E-state index contributed by atoms with van der Waals surface area (Å²) in [6.07, 6.45) is -1.31. The Morgan fingerprint density at radius 2 is 1.82 bits per heavy atom. The molecule has 0 atom stereocenters. The van der Waals surface area contributed by atoms with E-state index in [1.807, 2.05) is 6.92 Å². The largest absolute Gasteiger partial charge is 0.416 e. The fourth-order valence-electron chi connectivity index (χ4n) is 3.35. The predicted molar refractivity (Wildman–Crippen MR) is 107 cm³/mol. The van der Waals surface area contributed by atoms with Crippen molar-refractivity contribution in [2.24, 2.45) is 0 Å². The van der Waals surface area contributed by atoms with Crippen LogP contribution in [0, 0.1) is 6.92 Å². The van der Waals surface area contributed by atoms with Crippen LogP contribution in [0.25, 0.3) is 0 Å². The maximum absolute atomic E-state index is 13.6. The second-order valence-corrected chi connectivity index (χ2v) is 7.98. The topological polar surface area (TPSA) is 32.3 Å². The Morgan fingerprint density at radius 3 is 2.46 bits per heavy atom. The SMILES string of the molecule is Cc1ccc(C(=O)Nc2ccc(CN3CCCCC3)c(C(F)(F)F)c2)cc1Br. The van der Waals surface area contributed by atoms with Gasteiger partial charge in [-0.05, 0) is 68.2 Å². The molecule has 3 nitrogen and oxygen atoms in total. The van der Waals surface area contributed by atoms with Crippen LogP contribution in [0.5, 0.6) is 0 Å². The number of carbonyl (C=O) groups excluding carboxylic acids is 1. The number of benzene rings is 2. The summed E-state index contributed by atoms with van der Waals surface area (Å²) in [6.45, 7) is 3.80. The molecule has 1 N–H and O–H groups in total. The average molecular weight is 455 g/mol. The quantitative estimate of drug-likeness (QED) is 0.612. The number of hydrogen-bond donors (Lipinski definition) is 1. The molecule has 0 aliphatic carbocycles. The van der Waals surface area contributed by atoms with Gasteiger partial charge in [-0.15, -0.1) is 0 Å². The van der Waals surface area contributed by atoms with Crippen LogP contribution >= 0.6 is 15.9 Å². The molecule has 0 spiro atoms. The Bertz CT molecular complexity index is 861. The number of halogens is 4. The van der Waals surface area contributed by atoms with Crippen molar-refractivity contribution >= 4 is 27.5 Å². The summed E-state index contributed by atoms with van der Waals surface area (Å²) < 4.78 is 41.6. The molecule has 0 saturated carbocycles. The van der Waals surface area contributed by atoms with Gasteiger partial charge in [-0.3, -0.25) is 9.69 Å². The van der Waals surface area contributed by atoms with Crippen molar-refractivity contribution in [3.8, 4) is 0 Å².